The zero-order chi connectivity index (χ0) is 22.8. The van der Waals surface area contributed by atoms with E-state index < -0.39 is 11.9 Å². The number of aromatic amines is 1. The fourth-order valence-electron chi connectivity index (χ4n) is 3.64. The number of rotatable bonds is 7. The number of imidazole rings is 1. The lowest BCUT2D eigenvalue weighted by molar-refractivity contribution is 0.386. The molecule has 0 saturated heterocycles. The molecule has 8 nitrogen and oxygen atoms in total. The Morgan fingerprint density at radius 2 is 1.97 bits per heavy atom. The third-order valence-corrected chi connectivity index (χ3v) is 5.56. The maximum absolute atomic E-state index is 14.6. The maximum Gasteiger partial charge on any atom is 0.178 e. The molecule has 10 heteroatoms. The number of methoxy groups -OCH3 is 1. The molecule has 0 saturated carbocycles. The van der Waals surface area contributed by atoms with Gasteiger partial charge in [0.05, 0.1) is 31.0 Å². The monoisotopic (exact) mass is 463 g/mol. The second-order valence-corrected chi connectivity index (χ2v) is 7.86. The van der Waals surface area contributed by atoms with Gasteiger partial charge in [-0.2, -0.15) is 0 Å². The number of halogens is 2. The quantitative estimate of drug-likeness (QED) is 0.366. The zero-order valence-corrected chi connectivity index (χ0v) is 18.3. The minimum Gasteiger partial charge on any atom is -0.494 e. The number of anilines is 1. The van der Waals surface area contributed by atoms with Crippen molar-refractivity contribution in [3.63, 3.8) is 0 Å². The van der Waals surface area contributed by atoms with Crippen LogP contribution in [0.3, 0.4) is 0 Å². The topological polar surface area (TPSA) is 93.5 Å². The molecule has 2 heterocycles. The first-order chi connectivity index (χ1) is 16.1. The van der Waals surface area contributed by atoms with E-state index in [-0.39, 0.29) is 5.75 Å². The molecule has 1 unspecified atom stereocenters. The molecule has 5 rings (SSSR count). The second-order valence-electron chi connectivity index (χ2n) is 7.43. The molecule has 0 aliphatic carbocycles. The summed E-state index contributed by atoms with van der Waals surface area (Å²) < 4.78 is 21.4. The Hall–Kier alpha value is -3.98. The van der Waals surface area contributed by atoms with Gasteiger partial charge in [-0.3, -0.25) is 0 Å². The van der Waals surface area contributed by atoms with E-state index in [4.69, 9.17) is 16.3 Å². The highest BCUT2D eigenvalue weighted by molar-refractivity contribution is 6.30. The number of fused-ring (bicyclic) bond motifs is 1. The van der Waals surface area contributed by atoms with Crippen molar-refractivity contribution in [3.8, 4) is 5.75 Å². The molecule has 0 bridgehead atoms. The lowest BCUT2D eigenvalue weighted by Crippen LogP contribution is -2.19. The Morgan fingerprint density at radius 1 is 1.12 bits per heavy atom. The van der Waals surface area contributed by atoms with E-state index in [1.165, 1.54) is 13.2 Å². The highest BCUT2D eigenvalue weighted by Crippen LogP contribution is 2.29. The van der Waals surface area contributed by atoms with E-state index >= 15 is 0 Å². The second kappa shape index (κ2) is 8.87. The fraction of sp³-hybridized carbons (Fsp3) is 0.130. The third kappa shape index (κ3) is 4.35. The van der Waals surface area contributed by atoms with Gasteiger partial charge in [0.1, 0.15) is 6.04 Å². The minimum atomic E-state index is -0.538. The molecule has 1 atom stereocenters. The smallest absolute Gasteiger partial charge is 0.178 e. The van der Waals surface area contributed by atoms with E-state index in [9.17, 15) is 4.39 Å². The number of benzene rings is 3. The molecule has 2 N–H and O–H groups in total. The first kappa shape index (κ1) is 20.9. The van der Waals surface area contributed by atoms with Crippen LogP contribution in [-0.4, -0.2) is 37.3 Å². The largest absolute Gasteiger partial charge is 0.494 e. The summed E-state index contributed by atoms with van der Waals surface area (Å²) >= 11 is 6.01. The van der Waals surface area contributed by atoms with Gasteiger partial charge >= 0.3 is 0 Å². The molecular weight excluding hydrogens is 445 g/mol. The molecule has 0 aliphatic heterocycles. The van der Waals surface area contributed by atoms with Gasteiger partial charge in [-0.05, 0) is 64.0 Å². The van der Waals surface area contributed by atoms with Crippen LogP contribution in [0.4, 0.5) is 10.1 Å². The predicted molar refractivity (Wildman–Crippen MR) is 123 cm³/mol. The van der Waals surface area contributed by atoms with Gasteiger partial charge < -0.3 is 15.0 Å². The first-order valence-corrected chi connectivity index (χ1v) is 10.5. The zero-order valence-electron chi connectivity index (χ0n) is 17.5. The van der Waals surface area contributed by atoms with Crippen molar-refractivity contribution in [2.75, 3.05) is 12.4 Å². The number of nitrogens with zero attached hydrogens (tertiary/aromatic N) is 5. The third-order valence-electron chi connectivity index (χ3n) is 5.31. The maximum atomic E-state index is 14.6. The van der Waals surface area contributed by atoms with Gasteiger partial charge in [-0.1, -0.05) is 29.8 Å². The normalized spacial score (nSPS) is 12.1. The molecule has 3 aromatic carbocycles. The van der Waals surface area contributed by atoms with Crippen molar-refractivity contribution in [3.05, 3.63) is 94.8 Å². The van der Waals surface area contributed by atoms with Crippen LogP contribution in [0.15, 0.2) is 67.0 Å². The molecule has 0 aliphatic rings. The fourth-order valence-corrected chi connectivity index (χ4v) is 3.77. The van der Waals surface area contributed by atoms with E-state index in [2.05, 4.69) is 30.8 Å². The highest BCUT2D eigenvalue weighted by Gasteiger charge is 2.23. The van der Waals surface area contributed by atoms with Gasteiger partial charge in [0.2, 0.25) is 0 Å². The van der Waals surface area contributed by atoms with Crippen molar-refractivity contribution in [1.82, 2.24) is 30.2 Å². The van der Waals surface area contributed by atoms with Crippen LogP contribution in [0.2, 0.25) is 5.02 Å². The molecule has 5 aromatic rings. The molecule has 166 valence electrons. The Kier molecular flexibility index (Phi) is 5.62. The van der Waals surface area contributed by atoms with E-state index in [0.29, 0.717) is 23.0 Å². The number of H-pyrrole nitrogens is 1. The van der Waals surface area contributed by atoms with Crippen molar-refractivity contribution in [1.29, 1.82) is 0 Å². The van der Waals surface area contributed by atoms with Crippen molar-refractivity contribution >= 4 is 28.3 Å². The predicted octanol–water partition coefficient (Wildman–Crippen LogP) is 4.60. The van der Waals surface area contributed by atoms with Crippen LogP contribution in [-0.2, 0) is 6.54 Å². The molecule has 0 amide bonds. The van der Waals surface area contributed by atoms with E-state index in [1.54, 1.807) is 23.1 Å². The van der Waals surface area contributed by atoms with Gasteiger partial charge in [-0.25, -0.2) is 14.1 Å². The number of hydrogen-bond donors (Lipinski definition) is 2. The standard InChI is InChI=1S/C23H19ClFN7O/c1-33-21-9-4-15(10-18(21)25)22(28-17-7-8-19-20(11-17)27-13-26-19)23-29-30-31-32(23)12-14-2-5-16(24)6-3-14/h2-11,13,22,28H,12H2,1H3,(H,26,27). The average molecular weight is 464 g/mol. The van der Waals surface area contributed by atoms with Gasteiger partial charge in [0.15, 0.2) is 17.4 Å². The van der Waals surface area contributed by atoms with Gasteiger partial charge in [-0.15, -0.1) is 5.10 Å². The lowest BCUT2D eigenvalue weighted by atomic mass is 10.0. The van der Waals surface area contributed by atoms with Gasteiger partial charge in [0.25, 0.3) is 0 Å². The first-order valence-electron chi connectivity index (χ1n) is 10.1. The molecule has 0 radical (unpaired) electrons. The summed E-state index contributed by atoms with van der Waals surface area (Å²) in [5.74, 6) is 0.217. The van der Waals surface area contributed by atoms with Gasteiger partial charge in [0, 0.05) is 10.7 Å². The number of nitrogens with one attached hydrogen (secondary N) is 2. The van der Waals surface area contributed by atoms with Crippen LogP contribution in [0.25, 0.3) is 11.0 Å². The number of ether oxygens (including phenoxy) is 1. The van der Waals surface area contributed by atoms with Crippen LogP contribution in [0.1, 0.15) is 23.0 Å². The van der Waals surface area contributed by atoms with Crippen molar-refractivity contribution < 1.29 is 9.13 Å². The van der Waals surface area contributed by atoms with Crippen LogP contribution in [0.5, 0.6) is 5.75 Å². The van der Waals surface area contributed by atoms with Crippen LogP contribution >= 0.6 is 11.6 Å². The van der Waals surface area contributed by atoms with E-state index in [1.807, 2.05) is 42.5 Å². The number of aromatic nitrogens is 6. The Labute approximate surface area is 193 Å². The van der Waals surface area contributed by atoms with Crippen molar-refractivity contribution in [2.24, 2.45) is 0 Å². The summed E-state index contributed by atoms with van der Waals surface area (Å²) in [5.41, 5.74) is 4.13. The lowest BCUT2D eigenvalue weighted by Gasteiger charge is -2.20. The average Bonchev–Trinajstić information content (AvgIpc) is 3.48. The number of hydrogen-bond acceptors (Lipinski definition) is 6. The summed E-state index contributed by atoms with van der Waals surface area (Å²) in [6.45, 7) is 0.425. The molecule has 0 fully saturated rings. The van der Waals surface area contributed by atoms with Crippen molar-refractivity contribution in [2.45, 2.75) is 12.6 Å². The molecule has 0 spiro atoms. The SMILES string of the molecule is COc1ccc(C(Nc2ccc3[nH]cnc3c2)c2nnnn2Cc2ccc(Cl)cc2)cc1F. The Balaban J connectivity index is 1.54. The van der Waals surface area contributed by atoms with Crippen LogP contribution in [0, 0.1) is 5.82 Å². The molecule has 2 aromatic heterocycles. The van der Waals surface area contributed by atoms with Crippen LogP contribution < -0.4 is 10.1 Å². The highest BCUT2D eigenvalue weighted by atomic mass is 35.5. The summed E-state index contributed by atoms with van der Waals surface area (Å²) in [6, 6.07) is 17.5. The Bertz CT molecular complexity index is 1400. The molecule has 33 heavy (non-hydrogen) atoms. The summed E-state index contributed by atoms with van der Waals surface area (Å²) in [6.07, 6.45) is 1.64. The number of tetrazole rings is 1. The minimum absolute atomic E-state index is 0.163. The van der Waals surface area contributed by atoms with E-state index in [0.717, 1.165) is 22.3 Å². The Morgan fingerprint density at radius 3 is 2.76 bits per heavy atom. The summed E-state index contributed by atoms with van der Waals surface area (Å²) in [4.78, 5) is 7.38. The summed E-state index contributed by atoms with van der Waals surface area (Å²) in [5, 5.41) is 16.4. The summed E-state index contributed by atoms with van der Waals surface area (Å²) in [7, 11) is 1.43. The molecular formula is C23H19ClFN7O.